The van der Waals surface area contributed by atoms with Crippen LogP contribution in [-0.2, 0) is 0 Å². The third-order valence-electron chi connectivity index (χ3n) is 4.66. The zero-order valence-corrected chi connectivity index (χ0v) is 15.3. The molecular weight excluding hydrogens is 344 g/mol. The molecular formula is C20H20N4O3. The lowest BCUT2D eigenvalue weighted by molar-refractivity contribution is 0.393. The van der Waals surface area contributed by atoms with E-state index >= 15 is 0 Å². The van der Waals surface area contributed by atoms with Crippen molar-refractivity contribution in [2.45, 2.75) is 6.92 Å². The summed E-state index contributed by atoms with van der Waals surface area (Å²) in [5.74, 6) is 1.95. The number of hydrogen-bond donors (Lipinski definition) is 3. The summed E-state index contributed by atoms with van der Waals surface area (Å²) < 4.78 is 10.7. The average Bonchev–Trinajstić information content (AvgIpc) is 3.20. The minimum atomic E-state index is 0.0913. The number of aliphatic hydroxyl groups is 1. The van der Waals surface area contributed by atoms with Crippen LogP contribution in [-0.4, -0.2) is 41.7 Å². The van der Waals surface area contributed by atoms with Crippen LogP contribution < -0.4 is 14.4 Å². The van der Waals surface area contributed by atoms with Crippen molar-refractivity contribution < 1.29 is 14.6 Å². The second kappa shape index (κ2) is 6.35. The highest BCUT2D eigenvalue weighted by Gasteiger charge is 2.32. The van der Waals surface area contributed by atoms with Crippen LogP contribution in [0, 0.1) is 12.3 Å². The quantitative estimate of drug-likeness (QED) is 0.657. The standard InChI is InChI=1S/C20H20N4O3/c1-11-4-6-13-14(8-11)23-20(22-13)18-16(25)10-24(19(18)21)15-7-5-12(26-2)9-17(15)27-3/h4-9,21,25H,10H2,1-3H3,(H,22,23). The molecule has 2 aromatic carbocycles. The molecule has 7 nitrogen and oxygen atoms in total. The van der Waals surface area contributed by atoms with Crippen LogP contribution in [0.2, 0.25) is 0 Å². The number of aromatic amines is 1. The Kier molecular flexibility index (Phi) is 3.99. The van der Waals surface area contributed by atoms with Crippen molar-refractivity contribution in [2.75, 3.05) is 25.7 Å². The first-order valence-electron chi connectivity index (χ1n) is 8.49. The number of ether oxygens (including phenoxy) is 2. The first-order valence-corrected chi connectivity index (χ1v) is 8.49. The van der Waals surface area contributed by atoms with E-state index in [9.17, 15) is 5.11 Å². The van der Waals surface area contributed by atoms with Gasteiger partial charge in [-0.25, -0.2) is 4.98 Å². The van der Waals surface area contributed by atoms with Crippen molar-refractivity contribution in [3.63, 3.8) is 0 Å². The molecule has 0 amide bonds. The van der Waals surface area contributed by atoms with Crippen LogP contribution in [0.4, 0.5) is 5.69 Å². The maximum Gasteiger partial charge on any atom is 0.146 e. The Morgan fingerprint density at radius 3 is 2.70 bits per heavy atom. The van der Waals surface area contributed by atoms with Gasteiger partial charge >= 0.3 is 0 Å². The number of aromatic nitrogens is 2. The number of methoxy groups -OCH3 is 2. The minimum Gasteiger partial charge on any atom is -0.509 e. The highest BCUT2D eigenvalue weighted by molar-refractivity contribution is 6.30. The van der Waals surface area contributed by atoms with Gasteiger partial charge in [0, 0.05) is 6.07 Å². The van der Waals surface area contributed by atoms with Gasteiger partial charge in [0.15, 0.2) is 0 Å². The molecule has 0 unspecified atom stereocenters. The highest BCUT2D eigenvalue weighted by atomic mass is 16.5. The van der Waals surface area contributed by atoms with E-state index in [2.05, 4.69) is 9.97 Å². The van der Waals surface area contributed by atoms with Crippen LogP contribution in [0.3, 0.4) is 0 Å². The number of aryl methyl sites for hydroxylation is 1. The maximum atomic E-state index is 10.6. The lowest BCUT2D eigenvalue weighted by Crippen LogP contribution is -2.26. The molecule has 138 valence electrons. The summed E-state index contributed by atoms with van der Waals surface area (Å²) in [5.41, 5.74) is 3.85. The van der Waals surface area contributed by atoms with E-state index in [4.69, 9.17) is 14.9 Å². The van der Waals surface area contributed by atoms with Gasteiger partial charge in [0.1, 0.15) is 28.9 Å². The highest BCUT2D eigenvalue weighted by Crippen LogP contribution is 2.37. The fourth-order valence-corrected chi connectivity index (χ4v) is 3.28. The molecule has 4 rings (SSSR count). The van der Waals surface area contributed by atoms with Crippen molar-refractivity contribution in [1.82, 2.24) is 9.97 Å². The molecule has 2 heterocycles. The minimum absolute atomic E-state index is 0.0913. The van der Waals surface area contributed by atoms with Gasteiger partial charge in [-0.2, -0.15) is 0 Å². The van der Waals surface area contributed by atoms with E-state index in [1.165, 1.54) is 0 Å². The van der Waals surface area contributed by atoms with Crippen molar-refractivity contribution in [3.8, 4) is 11.5 Å². The maximum absolute atomic E-state index is 10.6. The number of nitrogens with zero attached hydrogens (tertiary/aromatic N) is 2. The molecule has 0 spiro atoms. The number of anilines is 1. The molecule has 0 radical (unpaired) electrons. The number of imidazole rings is 1. The van der Waals surface area contributed by atoms with Crippen LogP contribution in [0.1, 0.15) is 11.4 Å². The number of rotatable bonds is 4. The Hall–Kier alpha value is -3.48. The van der Waals surface area contributed by atoms with Gasteiger partial charge in [0.25, 0.3) is 0 Å². The molecule has 1 aromatic heterocycles. The molecule has 0 bridgehead atoms. The average molecular weight is 364 g/mol. The number of hydrogen-bond acceptors (Lipinski definition) is 5. The molecule has 3 N–H and O–H groups in total. The largest absolute Gasteiger partial charge is 0.509 e. The van der Waals surface area contributed by atoms with Gasteiger partial charge in [-0.05, 0) is 36.8 Å². The number of nitrogens with one attached hydrogen (secondary N) is 2. The third-order valence-corrected chi connectivity index (χ3v) is 4.66. The van der Waals surface area contributed by atoms with E-state index in [-0.39, 0.29) is 18.1 Å². The summed E-state index contributed by atoms with van der Waals surface area (Å²) in [6.07, 6.45) is 0. The molecule has 27 heavy (non-hydrogen) atoms. The zero-order chi connectivity index (χ0) is 19.1. The number of H-pyrrole nitrogens is 1. The number of benzene rings is 2. The molecule has 0 atom stereocenters. The van der Waals surface area contributed by atoms with E-state index in [1.807, 2.05) is 31.2 Å². The molecule has 0 saturated carbocycles. The van der Waals surface area contributed by atoms with E-state index in [1.54, 1.807) is 31.3 Å². The fraction of sp³-hybridized carbons (Fsp3) is 0.200. The Bertz CT molecular complexity index is 1080. The van der Waals surface area contributed by atoms with Crippen LogP contribution in [0.15, 0.2) is 42.2 Å². The number of fused-ring (bicyclic) bond motifs is 1. The van der Waals surface area contributed by atoms with Crippen LogP contribution >= 0.6 is 0 Å². The zero-order valence-electron chi connectivity index (χ0n) is 15.3. The monoisotopic (exact) mass is 364 g/mol. The van der Waals surface area contributed by atoms with Crippen LogP contribution in [0.25, 0.3) is 16.6 Å². The van der Waals surface area contributed by atoms with Gasteiger partial charge in [-0.1, -0.05) is 6.07 Å². The molecule has 1 aliphatic rings. The number of amidine groups is 1. The second-order valence-corrected chi connectivity index (χ2v) is 6.40. The first-order chi connectivity index (χ1) is 13.0. The lowest BCUT2D eigenvalue weighted by Gasteiger charge is -2.21. The third kappa shape index (κ3) is 2.77. The van der Waals surface area contributed by atoms with E-state index < -0.39 is 0 Å². The molecule has 0 aliphatic carbocycles. The SMILES string of the molecule is COc1ccc(N2CC(O)=C(c3nc4ccc(C)cc4[nH]3)C2=N)c(OC)c1. The Balaban J connectivity index is 1.72. The van der Waals surface area contributed by atoms with Gasteiger partial charge in [-0.15, -0.1) is 0 Å². The fourth-order valence-electron chi connectivity index (χ4n) is 3.28. The molecule has 0 fully saturated rings. The van der Waals surface area contributed by atoms with Crippen LogP contribution in [0.5, 0.6) is 11.5 Å². The summed E-state index contributed by atoms with van der Waals surface area (Å²) in [5, 5.41) is 19.2. The van der Waals surface area contributed by atoms with Crippen molar-refractivity contribution in [3.05, 3.63) is 53.5 Å². The Morgan fingerprint density at radius 1 is 1.15 bits per heavy atom. The topological polar surface area (TPSA) is 94.5 Å². The Morgan fingerprint density at radius 2 is 1.96 bits per heavy atom. The summed E-state index contributed by atoms with van der Waals surface area (Å²) >= 11 is 0. The predicted molar refractivity (Wildman–Crippen MR) is 105 cm³/mol. The molecule has 7 heteroatoms. The van der Waals surface area contributed by atoms with Gasteiger partial charge in [-0.3, -0.25) is 5.41 Å². The van der Waals surface area contributed by atoms with Gasteiger partial charge in [0.05, 0.1) is 43.1 Å². The Labute approximate surface area is 156 Å². The van der Waals surface area contributed by atoms with Crippen molar-refractivity contribution in [1.29, 1.82) is 5.41 Å². The summed E-state index contributed by atoms with van der Waals surface area (Å²) in [6, 6.07) is 11.3. The normalized spacial score (nSPS) is 14.3. The molecule has 0 saturated heterocycles. The summed E-state index contributed by atoms with van der Waals surface area (Å²) in [6.45, 7) is 2.18. The van der Waals surface area contributed by atoms with E-state index in [0.717, 1.165) is 16.6 Å². The summed E-state index contributed by atoms with van der Waals surface area (Å²) in [4.78, 5) is 9.43. The number of aliphatic hydroxyl groups excluding tert-OH is 1. The first kappa shape index (κ1) is 17.0. The lowest BCUT2D eigenvalue weighted by atomic mass is 10.2. The predicted octanol–water partition coefficient (Wildman–Crippen LogP) is 3.66. The second-order valence-electron chi connectivity index (χ2n) is 6.40. The smallest absolute Gasteiger partial charge is 0.146 e. The van der Waals surface area contributed by atoms with Gasteiger partial charge < -0.3 is 24.5 Å². The molecule has 3 aromatic rings. The summed E-state index contributed by atoms with van der Waals surface area (Å²) in [7, 11) is 3.15. The molecule has 1 aliphatic heterocycles. The van der Waals surface area contributed by atoms with Crippen molar-refractivity contribution in [2.24, 2.45) is 0 Å². The van der Waals surface area contributed by atoms with Gasteiger partial charge in [0.2, 0.25) is 0 Å². The van der Waals surface area contributed by atoms with Crippen molar-refractivity contribution >= 4 is 28.1 Å². The van der Waals surface area contributed by atoms with E-state index in [0.29, 0.717) is 28.6 Å².